The molecule has 1 heterocycles. The van der Waals surface area contributed by atoms with Crippen molar-refractivity contribution in [1.82, 2.24) is 10.2 Å². The molecule has 0 bridgehead atoms. The van der Waals surface area contributed by atoms with Gasteiger partial charge in [-0.1, -0.05) is 6.07 Å². The van der Waals surface area contributed by atoms with E-state index in [0.717, 1.165) is 17.0 Å². The molecular formula is C15H9FN4O. The number of rotatable bonds is 2. The highest BCUT2D eigenvalue weighted by molar-refractivity contribution is 6.06. The van der Waals surface area contributed by atoms with Crippen molar-refractivity contribution in [3.8, 4) is 6.07 Å². The first-order chi connectivity index (χ1) is 10.2. The zero-order chi connectivity index (χ0) is 14.8. The lowest BCUT2D eigenvalue weighted by molar-refractivity contribution is 0.102. The number of nitrogens with zero attached hydrogens (tertiary/aromatic N) is 2. The molecule has 0 fully saturated rings. The van der Waals surface area contributed by atoms with Gasteiger partial charge in [0.05, 0.1) is 29.0 Å². The van der Waals surface area contributed by atoms with Crippen molar-refractivity contribution in [3.63, 3.8) is 0 Å². The molecule has 0 radical (unpaired) electrons. The molecule has 1 aromatic heterocycles. The highest BCUT2D eigenvalue weighted by atomic mass is 19.1. The third-order valence-corrected chi connectivity index (χ3v) is 3.05. The lowest BCUT2D eigenvalue weighted by Gasteiger charge is -2.06. The third-order valence-electron chi connectivity index (χ3n) is 3.05. The van der Waals surface area contributed by atoms with Gasteiger partial charge in [0.2, 0.25) is 0 Å². The fraction of sp³-hybridized carbons (Fsp3) is 0. The highest BCUT2D eigenvalue weighted by Crippen LogP contribution is 2.18. The van der Waals surface area contributed by atoms with E-state index in [-0.39, 0.29) is 11.3 Å². The summed E-state index contributed by atoms with van der Waals surface area (Å²) >= 11 is 0. The molecular weight excluding hydrogens is 271 g/mol. The summed E-state index contributed by atoms with van der Waals surface area (Å²) in [5.74, 6) is -1.08. The summed E-state index contributed by atoms with van der Waals surface area (Å²) in [5.41, 5.74) is 1.34. The Morgan fingerprint density at radius 1 is 1.29 bits per heavy atom. The summed E-state index contributed by atoms with van der Waals surface area (Å²) in [7, 11) is 0. The van der Waals surface area contributed by atoms with E-state index in [0.29, 0.717) is 5.56 Å². The van der Waals surface area contributed by atoms with E-state index in [1.54, 1.807) is 24.4 Å². The predicted octanol–water partition coefficient (Wildman–Crippen LogP) is 2.83. The standard InChI is InChI=1S/C15H9FN4O/c16-12-5-9(7-17)1-4-13(12)19-15(21)10-2-3-11-8-18-20-14(11)6-10/h1-6,8H,(H,18,20)(H,19,21). The number of hydrogen-bond acceptors (Lipinski definition) is 3. The maximum absolute atomic E-state index is 13.7. The number of amides is 1. The van der Waals surface area contributed by atoms with E-state index in [2.05, 4.69) is 15.5 Å². The van der Waals surface area contributed by atoms with Gasteiger partial charge in [0.1, 0.15) is 5.82 Å². The predicted molar refractivity (Wildman–Crippen MR) is 75.2 cm³/mol. The van der Waals surface area contributed by atoms with Crippen LogP contribution in [0.5, 0.6) is 0 Å². The van der Waals surface area contributed by atoms with Crippen LogP contribution in [0.2, 0.25) is 0 Å². The molecule has 0 aliphatic rings. The second kappa shape index (κ2) is 5.06. The number of carbonyl (C=O) groups excluding carboxylic acids is 1. The SMILES string of the molecule is N#Cc1ccc(NC(=O)c2ccc3cn[nH]c3c2)c(F)c1. The van der Waals surface area contributed by atoms with Crippen LogP contribution in [0.15, 0.2) is 42.6 Å². The molecule has 2 N–H and O–H groups in total. The number of H-pyrrole nitrogens is 1. The lowest BCUT2D eigenvalue weighted by Crippen LogP contribution is -2.13. The molecule has 6 heteroatoms. The van der Waals surface area contributed by atoms with Crippen molar-refractivity contribution >= 4 is 22.5 Å². The number of benzene rings is 2. The fourth-order valence-corrected chi connectivity index (χ4v) is 1.96. The van der Waals surface area contributed by atoms with E-state index < -0.39 is 11.7 Å². The smallest absolute Gasteiger partial charge is 0.255 e. The minimum atomic E-state index is -0.648. The molecule has 0 aliphatic heterocycles. The first-order valence-electron chi connectivity index (χ1n) is 6.11. The van der Waals surface area contributed by atoms with Crippen LogP contribution in [0.3, 0.4) is 0 Å². The largest absolute Gasteiger partial charge is 0.319 e. The molecule has 5 nitrogen and oxygen atoms in total. The van der Waals surface area contributed by atoms with Crippen LogP contribution < -0.4 is 5.32 Å². The average Bonchev–Trinajstić information content (AvgIpc) is 2.96. The van der Waals surface area contributed by atoms with Crippen LogP contribution in [0.25, 0.3) is 10.9 Å². The Morgan fingerprint density at radius 3 is 2.90 bits per heavy atom. The first-order valence-corrected chi connectivity index (χ1v) is 6.11. The quantitative estimate of drug-likeness (QED) is 0.757. The van der Waals surface area contributed by atoms with Crippen LogP contribution >= 0.6 is 0 Å². The van der Waals surface area contributed by atoms with Crippen LogP contribution in [-0.4, -0.2) is 16.1 Å². The van der Waals surface area contributed by atoms with Gasteiger partial charge in [0.15, 0.2) is 0 Å². The van der Waals surface area contributed by atoms with Crippen molar-refractivity contribution in [3.05, 3.63) is 59.5 Å². The highest BCUT2D eigenvalue weighted by Gasteiger charge is 2.11. The van der Waals surface area contributed by atoms with E-state index in [4.69, 9.17) is 5.26 Å². The average molecular weight is 280 g/mol. The maximum atomic E-state index is 13.7. The summed E-state index contributed by atoms with van der Waals surface area (Å²) in [6.45, 7) is 0. The summed E-state index contributed by atoms with van der Waals surface area (Å²) < 4.78 is 13.7. The number of aromatic nitrogens is 2. The Kier molecular flexibility index (Phi) is 3.09. The number of nitriles is 1. The van der Waals surface area contributed by atoms with Crippen molar-refractivity contribution in [2.45, 2.75) is 0 Å². The zero-order valence-corrected chi connectivity index (χ0v) is 10.7. The van der Waals surface area contributed by atoms with Crippen LogP contribution in [0.1, 0.15) is 15.9 Å². The molecule has 3 rings (SSSR count). The van der Waals surface area contributed by atoms with Gasteiger partial charge in [-0.05, 0) is 30.3 Å². The fourth-order valence-electron chi connectivity index (χ4n) is 1.96. The molecule has 0 unspecified atom stereocenters. The zero-order valence-electron chi connectivity index (χ0n) is 10.7. The number of hydrogen-bond donors (Lipinski definition) is 2. The van der Waals surface area contributed by atoms with E-state index >= 15 is 0 Å². The number of anilines is 1. The molecule has 21 heavy (non-hydrogen) atoms. The van der Waals surface area contributed by atoms with Crippen molar-refractivity contribution in [2.24, 2.45) is 0 Å². The Labute approximate surface area is 119 Å². The van der Waals surface area contributed by atoms with Gasteiger partial charge in [-0.2, -0.15) is 10.4 Å². The van der Waals surface area contributed by atoms with Gasteiger partial charge in [-0.3, -0.25) is 9.89 Å². The Morgan fingerprint density at radius 2 is 2.14 bits per heavy atom. The second-order valence-corrected chi connectivity index (χ2v) is 4.43. The van der Waals surface area contributed by atoms with Crippen LogP contribution in [0.4, 0.5) is 10.1 Å². The minimum absolute atomic E-state index is 0.0312. The van der Waals surface area contributed by atoms with Crippen molar-refractivity contribution < 1.29 is 9.18 Å². The van der Waals surface area contributed by atoms with E-state index in [9.17, 15) is 9.18 Å². The molecule has 3 aromatic rings. The third kappa shape index (κ3) is 2.44. The van der Waals surface area contributed by atoms with Crippen molar-refractivity contribution in [1.29, 1.82) is 5.26 Å². The summed E-state index contributed by atoms with van der Waals surface area (Å²) in [5, 5.41) is 18.7. The Balaban J connectivity index is 1.87. The molecule has 1 amide bonds. The van der Waals surface area contributed by atoms with Gasteiger partial charge >= 0.3 is 0 Å². The van der Waals surface area contributed by atoms with Crippen LogP contribution in [0, 0.1) is 17.1 Å². The van der Waals surface area contributed by atoms with Gasteiger partial charge in [0, 0.05) is 10.9 Å². The molecule has 0 aliphatic carbocycles. The monoisotopic (exact) mass is 280 g/mol. The molecule has 0 spiro atoms. The first kappa shape index (κ1) is 12.8. The topological polar surface area (TPSA) is 81.6 Å². The van der Waals surface area contributed by atoms with E-state index in [1.165, 1.54) is 12.1 Å². The molecule has 2 aromatic carbocycles. The second-order valence-electron chi connectivity index (χ2n) is 4.43. The Bertz CT molecular complexity index is 879. The number of fused-ring (bicyclic) bond motifs is 1. The number of carbonyl (C=O) groups is 1. The number of aromatic amines is 1. The van der Waals surface area contributed by atoms with E-state index in [1.807, 2.05) is 6.07 Å². The van der Waals surface area contributed by atoms with Crippen LogP contribution in [-0.2, 0) is 0 Å². The molecule has 0 atom stereocenters. The molecule has 0 saturated heterocycles. The summed E-state index contributed by atoms with van der Waals surface area (Å²) in [6, 6.07) is 10.7. The number of halogens is 1. The minimum Gasteiger partial charge on any atom is -0.319 e. The lowest BCUT2D eigenvalue weighted by atomic mass is 10.1. The van der Waals surface area contributed by atoms with Gasteiger partial charge in [-0.15, -0.1) is 0 Å². The Hall–Kier alpha value is -3.20. The van der Waals surface area contributed by atoms with Crippen molar-refractivity contribution in [2.75, 3.05) is 5.32 Å². The molecule has 0 saturated carbocycles. The number of nitrogens with one attached hydrogen (secondary N) is 2. The van der Waals surface area contributed by atoms with Gasteiger partial charge < -0.3 is 5.32 Å². The molecule has 102 valence electrons. The van der Waals surface area contributed by atoms with Gasteiger partial charge in [0.25, 0.3) is 5.91 Å². The normalized spacial score (nSPS) is 10.3. The summed E-state index contributed by atoms with van der Waals surface area (Å²) in [6.07, 6.45) is 1.65. The maximum Gasteiger partial charge on any atom is 0.255 e. The summed E-state index contributed by atoms with van der Waals surface area (Å²) in [4.78, 5) is 12.1. The van der Waals surface area contributed by atoms with Gasteiger partial charge in [-0.25, -0.2) is 4.39 Å².